The van der Waals surface area contributed by atoms with Crippen LogP contribution in [0.5, 0.6) is 0 Å². The van der Waals surface area contributed by atoms with Gasteiger partial charge in [0.05, 0.1) is 5.69 Å². The lowest BCUT2D eigenvalue weighted by Gasteiger charge is -2.11. The van der Waals surface area contributed by atoms with Crippen LogP contribution < -0.4 is 5.32 Å². The van der Waals surface area contributed by atoms with E-state index >= 15 is 0 Å². The molecule has 0 radical (unpaired) electrons. The summed E-state index contributed by atoms with van der Waals surface area (Å²) in [6, 6.07) is 9.69. The topological polar surface area (TPSA) is 46.2 Å². The van der Waals surface area contributed by atoms with Gasteiger partial charge in [-0.25, -0.2) is 0 Å². The highest BCUT2D eigenvalue weighted by atomic mass is 79.9. The SMILES string of the molecule is O=C1c2ccccc2-c2cc(Br)c(NC(=O)C(F)(F)F)cc21. The molecule has 1 aliphatic rings. The van der Waals surface area contributed by atoms with E-state index in [1.165, 1.54) is 12.1 Å². The Balaban J connectivity index is 2.06. The smallest absolute Gasteiger partial charge is 0.317 e. The highest BCUT2D eigenvalue weighted by Gasteiger charge is 2.39. The van der Waals surface area contributed by atoms with Crippen LogP contribution in [0.4, 0.5) is 18.9 Å². The molecule has 0 saturated heterocycles. The molecular formula is C15H7BrF3NO2. The first-order valence-electron chi connectivity index (χ1n) is 6.15. The summed E-state index contributed by atoms with van der Waals surface area (Å²) in [5.74, 6) is -2.36. The summed E-state index contributed by atoms with van der Waals surface area (Å²) in [5.41, 5.74) is 2.00. The van der Waals surface area contributed by atoms with Gasteiger partial charge in [0.25, 0.3) is 0 Å². The van der Waals surface area contributed by atoms with Gasteiger partial charge in [0.1, 0.15) is 0 Å². The predicted octanol–water partition coefficient (Wildman–Crippen LogP) is 4.16. The van der Waals surface area contributed by atoms with Gasteiger partial charge in [-0.1, -0.05) is 24.3 Å². The van der Waals surface area contributed by atoms with Crippen LogP contribution in [0, 0.1) is 0 Å². The van der Waals surface area contributed by atoms with Gasteiger partial charge in [-0.05, 0) is 39.2 Å². The fourth-order valence-electron chi connectivity index (χ4n) is 2.33. The number of amides is 1. The van der Waals surface area contributed by atoms with Crippen LogP contribution in [0.3, 0.4) is 0 Å². The third-order valence-electron chi connectivity index (χ3n) is 3.32. The van der Waals surface area contributed by atoms with E-state index in [0.29, 0.717) is 11.1 Å². The molecule has 1 N–H and O–H groups in total. The first-order valence-corrected chi connectivity index (χ1v) is 6.94. The third-order valence-corrected chi connectivity index (χ3v) is 3.98. The number of fused-ring (bicyclic) bond motifs is 3. The van der Waals surface area contributed by atoms with Gasteiger partial charge in [-0.3, -0.25) is 9.59 Å². The molecule has 0 bridgehead atoms. The van der Waals surface area contributed by atoms with Gasteiger partial charge in [0.15, 0.2) is 5.78 Å². The second kappa shape index (κ2) is 4.95. The summed E-state index contributed by atoms with van der Waals surface area (Å²) < 4.78 is 37.3. The van der Waals surface area contributed by atoms with Crippen LogP contribution >= 0.6 is 15.9 Å². The molecule has 0 aromatic heterocycles. The number of rotatable bonds is 1. The second-order valence-corrected chi connectivity index (χ2v) is 5.56. The zero-order valence-corrected chi connectivity index (χ0v) is 12.4. The van der Waals surface area contributed by atoms with Gasteiger partial charge >= 0.3 is 12.1 Å². The highest BCUT2D eigenvalue weighted by molar-refractivity contribution is 9.10. The van der Waals surface area contributed by atoms with E-state index in [-0.39, 0.29) is 21.5 Å². The highest BCUT2D eigenvalue weighted by Crippen LogP contribution is 2.41. The average Bonchev–Trinajstić information content (AvgIpc) is 2.72. The Morgan fingerprint density at radius 2 is 1.64 bits per heavy atom. The monoisotopic (exact) mass is 369 g/mol. The molecule has 2 aromatic rings. The summed E-state index contributed by atoms with van der Waals surface area (Å²) >= 11 is 3.12. The summed E-state index contributed by atoms with van der Waals surface area (Å²) in [4.78, 5) is 23.3. The van der Waals surface area contributed by atoms with E-state index in [2.05, 4.69) is 15.9 Å². The first-order chi connectivity index (χ1) is 10.3. The van der Waals surface area contributed by atoms with Crippen molar-refractivity contribution in [1.82, 2.24) is 0 Å². The lowest BCUT2D eigenvalue weighted by Crippen LogP contribution is -2.30. The van der Waals surface area contributed by atoms with Crippen molar-refractivity contribution in [2.24, 2.45) is 0 Å². The van der Waals surface area contributed by atoms with Crippen molar-refractivity contribution in [1.29, 1.82) is 0 Å². The molecule has 0 heterocycles. The normalized spacial score (nSPS) is 12.8. The lowest BCUT2D eigenvalue weighted by atomic mass is 10.1. The molecule has 3 rings (SSSR count). The second-order valence-electron chi connectivity index (χ2n) is 4.70. The Morgan fingerprint density at radius 1 is 1.00 bits per heavy atom. The average molecular weight is 370 g/mol. The minimum Gasteiger partial charge on any atom is -0.317 e. The Hall–Kier alpha value is -2.15. The number of benzene rings is 2. The fourth-order valence-corrected chi connectivity index (χ4v) is 2.78. The summed E-state index contributed by atoms with van der Waals surface area (Å²) in [6.45, 7) is 0. The van der Waals surface area contributed by atoms with E-state index in [0.717, 1.165) is 5.56 Å². The quantitative estimate of drug-likeness (QED) is 0.699. The molecule has 0 saturated carbocycles. The van der Waals surface area contributed by atoms with Crippen molar-refractivity contribution in [2.75, 3.05) is 5.32 Å². The van der Waals surface area contributed by atoms with E-state index < -0.39 is 12.1 Å². The predicted molar refractivity (Wildman–Crippen MR) is 77.7 cm³/mol. The molecule has 2 aromatic carbocycles. The summed E-state index contributed by atoms with van der Waals surface area (Å²) in [6.07, 6.45) is -4.99. The maximum Gasteiger partial charge on any atom is 0.471 e. The van der Waals surface area contributed by atoms with Gasteiger partial charge in [0.2, 0.25) is 0 Å². The minimum atomic E-state index is -4.99. The van der Waals surface area contributed by atoms with Crippen LogP contribution in [0.2, 0.25) is 0 Å². The van der Waals surface area contributed by atoms with Gasteiger partial charge in [0, 0.05) is 15.6 Å². The Morgan fingerprint density at radius 3 is 2.27 bits per heavy atom. The van der Waals surface area contributed by atoms with E-state index in [1.54, 1.807) is 29.6 Å². The van der Waals surface area contributed by atoms with Crippen LogP contribution in [0.25, 0.3) is 11.1 Å². The van der Waals surface area contributed by atoms with E-state index in [4.69, 9.17) is 0 Å². The summed E-state index contributed by atoms with van der Waals surface area (Å²) in [5, 5.41) is 1.76. The van der Waals surface area contributed by atoms with Crippen LogP contribution in [-0.4, -0.2) is 17.9 Å². The largest absolute Gasteiger partial charge is 0.471 e. The molecule has 3 nitrogen and oxygen atoms in total. The third kappa shape index (κ3) is 2.31. The Bertz CT molecular complexity index is 815. The van der Waals surface area contributed by atoms with Gasteiger partial charge in [-0.15, -0.1) is 0 Å². The van der Waals surface area contributed by atoms with Crippen molar-refractivity contribution in [2.45, 2.75) is 6.18 Å². The molecule has 0 spiro atoms. The molecule has 0 aliphatic heterocycles. The number of carbonyl (C=O) groups is 2. The molecule has 7 heteroatoms. The zero-order chi connectivity index (χ0) is 16.1. The van der Waals surface area contributed by atoms with Crippen molar-refractivity contribution in [3.05, 3.63) is 52.0 Å². The molecule has 1 aliphatic carbocycles. The number of hydrogen-bond donors (Lipinski definition) is 1. The zero-order valence-electron chi connectivity index (χ0n) is 10.8. The van der Waals surface area contributed by atoms with Crippen LogP contribution in [-0.2, 0) is 4.79 Å². The van der Waals surface area contributed by atoms with Crippen molar-refractivity contribution < 1.29 is 22.8 Å². The molecule has 0 fully saturated rings. The standard InChI is InChI=1S/C15H7BrF3NO2/c16-11-5-9-7-3-1-2-4-8(7)13(21)10(9)6-12(11)20-14(22)15(17,18)19/h1-6H,(H,20,22). The Labute approximate surface area is 131 Å². The van der Waals surface area contributed by atoms with Crippen molar-refractivity contribution in [3.63, 3.8) is 0 Å². The molecule has 1 amide bonds. The minimum absolute atomic E-state index is 0.0952. The Kier molecular flexibility index (Phi) is 3.32. The van der Waals surface area contributed by atoms with Gasteiger partial charge in [-0.2, -0.15) is 13.2 Å². The van der Waals surface area contributed by atoms with Gasteiger partial charge < -0.3 is 5.32 Å². The van der Waals surface area contributed by atoms with E-state index in [9.17, 15) is 22.8 Å². The number of alkyl halides is 3. The molecule has 22 heavy (non-hydrogen) atoms. The fraction of sp³-hybridized carbons (Fsp3) is 0.0667. The molecule has 0 atom stereocenters. The number of hydrogen-bond acceptors (Lipinski definition) is 2. The summed E-state index contributed by atoms with van der Waals surface area (Å²) in [7, 11) is 0. The van der Waals surface area contributed by atoms with Crippen molar-refractivity contribution in [3.8, 4) is 11.1 Å². The van der Waals surface area contributed by atoms with Crippen LogP contribution in [0.1, 0.15) is 15.9 Å². The number of anilines is 1. The number of ketones is 1. The number of halogens is 4. The molecule has 112 valence electrons. The van der Waals surface area contributed by atoms with Crippen LogP contribution in [0.15, 0.2) is 40.9 Å². The molecular weight excluding hydrogens is 363 g/mol. The van der Waals surface area contributed by atoms with E-state index in [1.807, 2.05) is 0 Å². The maximum atomic E-state index is 12.3. The number of nitrogens with one attached hydrogen (secondary N) is 1. The number of carbonyl (C=O) groups excluding carboxylic acids is 2. The van der Waals surface area contributed by atoms with Crippen molar-refractivity contribution >= 4 is 33.3 Å². The maximum absolute atomic E-state index is 12.3. The first kappa shape index (κ1) is 14.8. The molecule has 0 unspecified atom stereocenters. The lowest BCUT2D eigenvalue weighted by molar-refractivity contribution is -0.167.